The second kappa shape index (κ2) is 5.55. The standard InChI is InChI=1S/C17H17ClFN/c18-16-10-14(19)6-7-15(16)17(20)9-11-4-5-12-2-1-3-13(12)8-11/h4-8,10,17H,1-3,9,20H2. The fourth-order valence-electron chi connectivity index (χ4n) is 2.92. The van der Waals surface area contributed by atoms with Crippen molar-refractivity contribution >= 4 is 11.6 Å². The molecule has 0 fully saturated rings. The summed E-state index contributed by atoms with van der Waals surface area (Å²) in [6.07, 6.45) is 4.31. The second-order valence-corrected chi connectivity index (χ2v) is 5.84. The summed E-state index contributed by atoms with van der Waals surface area (Å²) in [5.41, 5.74) is 11.1. The SMILES string of the molecule is NC(Cc1ccc2c(c1)CCC2)c1ccc(F)cc1Cl. The molecule has 1 nitrogen and oxygen atoms in total. The summed E-state index contributed by atoms with van der Waals surface area (Å²) in [6, 6.07) is 10.8. The fraction of sp³-hybridized carbons (Fsp3) is 0.294. The van der Waals surface area contributed by atoms with Gasteiger partial charge in [-0.1, -0.05) is 35.9 Å². The number of hydrogen-bond acceptors (Lipinski definition) is 1. The second-order valence-electron chi connectivity index (χ2n) is 5.43. The van der Waals surface area contributed by atoms with Crippen molar-refractivity contribution in [2.24, 2.45) is 5.73 Å². The normalized spacial score (nSPS) is 15.2. The largest absolute Gasteiger partial charge is 0.324 e. The minimum Gasteiger partial charge on any atom is -0.324 e. The molecule has 1 aliphatic rings. The molecule has 0 aliphatic heterocycles. The van der Waals surface area contributed by atoms with Crippen LogP contribution >= 0.6 is 11.6 Å². The van der Waals surface area contributed by atoms with E-state index in [1.165, 1.54) is 41.7 Å². The van der Waals surface area contributed by atoms with Gasteiger partial charge in [0.1, 0.15) is 5.82 Å². The summed E-state index contributed by atoms with van der Waals surface area (Å²) in [6.45, 7) is 0. The maximum absolute atomic E-state index is 13.1. The number of benzene rings is 2. The molecule has 1 atom stereocenters. The third kappa shape index (κ3) is 2.72. The third-order valence-corrected chi connectivity index (χ3v) is 4.31. The molecule has 1 aliphatic carbocycles. The maximum Gasteiger partial charge on any atom is 0.124 e. The molecule has 0 aromatic heterocycles. The van der Waals surface area contributed by atoms with Gasteiger partial charge in [-0.25, -0.2) is 4.39 Å². The number of halogens is 2. The van der Waals surface area contributed by atoms with Crippen LogP contribution in [0.3, 0.4) is 0 Å². The fourth-order valence-corrected chi connectivity index (χ4v) is 3.23. The number of rotatable bonds is 3. The molecule has 20 heavy (non-hydrogen) atoms. The highest BCUT2D eigenvalue weighted by atomic mass is 35.5. The molecule has 104 valence electrons. The Morgan fingerprint density at radius 3 is 2.70 bits per heavy atom. The highest BCUT2D eigenvalue weighted by molar-refractivity contribution is 6.31. The van der Waals surface area contributed by atoms with Crippen LogP contribution in [0.2, 0.25) is 5.02 Å². The van der Waals surface area contributed by atoms with Crippen LogP contribution in [0.25, 0.3) is 0 Å². The number of aryl methyl sites for hydroxylation is 2. The molecule has 2 aromatic rings. The third-order valence-electron chi connectivity index (χ3n) is 3.98. The summed E-state index contributed by atoms with van der Waals surface area (Å²) < 4.78 is 13.1. The van der Waals surface area contributed by atoms with Crippen LogP contribution < -0.4 is 5.73 Å². The molecule has 3 heteroatoms. The van der Waals surface area contributed by atoms with Crippen molar-refractivity contribution in [3.63, 3.8) is 0 Å². The van der Waals surface area contributed by atoms with Crippen LogP contribution in [-0.2, 0) is 19.3 Å². The van der Waals surface area contributed by atoms with E-state index in [0.717, 1.165) is 18.4 Å². The van der Waals surface area contributed by atoms with Crippen LogP contribution in [0.5, 0.6) is 0 Å². The lowest BCUT2D eigenvalue weighted by atomic mass is 9.97. The van der Waals surface area contributed by atoms with Gasteiger partial charge in [0.25, 0.3) is 0 Å². The van der Waals surface area contributed by atoms with Crippen LogP contribution in [0.1, 0.15) is 34.7 Å². The first-order valence-corrected chi connectivity index (χ1v) is 7.32. The van der Waals surface area contributed by atoms with Gasteiger partial charge in [0.05, 0.1) is 0 Å². The average molecular weight is 290 g/mol. The summed E-state index contributed by atoms with van der Waals surface area (Å²) in [4.78, 5) is 0. The minimum absolute atomic E-state index is 0.206. The quantitative estimate of drug-likeness (QED) is 0.900. The van der Waals surface area contributed by atoms with Gasteiger partial charge in [0.2, 0.25) is 0 Å². The van der Waals surface area contributed by atoms with Crippen molar-refractivity contribution in [1.82, 2.24) is 0 Å². The van der Waals surface area contributed by atoms with E-state index < -0.39 is 0 Å². The van der Waals surface area contributed by atoms with E-state index in [9.17, 15) is 4.39 Å². The van der Waals surface area contributed by atoms with E-state index in [1.54, 1.807) is 6.07 Å². The van der Waals surface area contributed by atoms with Gasteiger partial charge in [0, 0.05) is 11.1 Å². The van der Waals surface area contributed by atoms with Crippen LogP contribution in [0.15, 0.2) is 36.4 Å². The molecule has 0 saturated heterocycles. The van der Waals surface area contributed by atoms with Gasteiger partial charge in [-0.3, -0.25) is 0 Å². The first kappa shape index (κ1) is 13.6. The monoisotopic (exact) mass is 289 g/mol. The first-order chi connectivity index (χ1) is 9.63. The van der Waals surface area contributed by atoms with Gasteiger partial charge in [-0.05, 0) is 60.1 Å². The molecule has 0 radical (unpaired) electrons. The first-order valence-electron chi connectivity index (χ1n) is 6.94. The van der Waals surface area contributed by atoms with E-state index >= 15 is 0 Å². The summed E-state index contributed by atoms with van der Waals surface area (Å²) >= 11 is 6.06. The predicted octanol–water partition coefficient (Wildman–Crippen LogP) is 4.21. The van der Waals surface area contributed by atoms with Gasteiger partial charge >= 0.3 is 0 Å². The lowest BCUT2D eigenvalue weighted by Gasteiger charge is -2.14. The zero-order valence-electron chi connectivity index (χ0n) is 11.2. The smallest absolute Gasteiger partial charge is 0.124 e. The topological polar surface area (TPSA) is 26.0 Å². The Hall–Kier alpha value is -1.38. The van der Waals surface area contributed by atoms with Crippen molar-refractivity contribution in [3.05, 3.63) is 69.5 Å². The Morgan fingerprint density at radius 2 is 1.90 bits per heavy atom. The summed E-state index contributed by atoms with van der Waals surface area (Å²) in [7, 11) is 0. The Bertz CT molecular complexity index is 639. The summed E-state index contributed by atoms with van der Waals surface area (Å²) in [5.74, 6) is -0.330. The van der Waals surface area contributed by atoms with Crippen molar-refractivity contribution in [2.75, 3.05) is 0 Å². The van der Waals surface area contributed by atoms with Crippen molar-refractivity contribution in [2.45, 2.75) is 31.7 Å². The van der Waals surface area contributed by atoms with E-state index in [2.05, 4.69) is 18.2 Å². The molecule has 0 heterocycles. The van der Waals surface area contributed by atoms with E-state index in [-0.39, 0.29) is 11.9 Å². The lowest BCUT2D eigenvalue weighted by Crippen LogP contribution is -2.14. The van der Waals surface area contributed by atoms with E-state index in [4.69, 9.17) is 17.3 Å². The van der Waals surface area contributed by atoms with Gasteiger partial charge in [-0.2, -0.15) is 0 Å². The zero-order valence-corrected chi connectivity index (χ0v) is 12.0. The Balaban J connectivity index is 1.80. The Kier molecular flexibility index (Phi) is 3.77. The number of hydrogen-bond donors (Lipinski definition) is 1. The van der Waals surface area contributed by atoms with Crippen LogP contribution in [0.4, 0.5) is 4.39 Å². The lowest BCUT2D eigenvalue weighted by molar-refractivity contribution is 0.624. The molecule has 0 amide bonds. The molecule has 2 aromatic carbocycles. The number of nitrogens with two attached hydrogens (primary N) is 1. The van der Waals surface area contributed by atoms with Gasteiger partial charge in [-0.15, -0.1) is 0 Å². The highest BCUT2D eigenvalue weighted by Gasteiger charge is 2.14. The van der Waals surface area contributed by atoms with E-state index in [0.29, 0.717) is 5.02 Å². The van der Waals surface area contributed by atoms with Gasteiger partial charge < -0.3 is 5.73 Å². The molecule has 0 bridgehead atoms. The predicted molar refractivity (Wildman–Crippen MR) is 80.5 cm³/mol. The molecular weight excluding hydrogens is 273 g/mol. The number of fused-ring (bicyclic) bond motifs is 1. The van der Waals surface area contributed by atoms with Crippen LogP contribution in [0, 0.1) is 5.82 Å². The highest BCUT2D eigenvalue weighted by Crippen LogP contribution is 2.27. The molecule has 1 unspecified atom stereocenters. The molecule has 0 saturated carbocycles. The molecular formula is C17H17ClFN. The Morgan fingerprint density at radius 1 is 1.10 bits per heavy atom. The van der Waals surface area contributed by atoms with Crippen molar-refractivity contribution in [1.29, 1.82) is 0 Å². The average Bonchev–Trinajstić information content (AvgIpc) is 2.85. The molecule has 2 N–H and O–H groups in total. The van der Waals surface area contributed by atoms with E-state index in [1.807, 2.05) is 0 Å². The van der Waals surface area contributed by atoms with Crippen molar-refractivity contribution < 1.29 is 4.39 Å². The minimum atomic E-state index is -0.330. The Labute approximate surface area is 123 Å². The maximum atomic E-state index is 13.1. The molecule has 3 rings (SSSR count). The van der Waals surface area contributed by atoms with Crippen LogP contribution in [-0.4, -0.2) is 0 Å². The molecule has 0 spiro atoms. The van der Waals surface area contributed by atoms with Crippen molar-refractivity contribution in [3.8, 4) is 0 Å². The zero-order chi connectivity index (χ0) is 14.1. The van der Waals surface area contributed by atoms with Gasteiger partial charge in [0.15, 0.2) is 0 Å². The summed E-state index contributed by atoms with van der Waals surface area (Å²) in [5, 5.41) is 0.402.